The van der Waals surface area contributed by atoms with Crippen molar-refractivity contribution in [2.75, 3.05) is 19.6 Å². The Kier molecular flexibility index (Phi) is 2.49. The van der Waals surface area contributed by atoms with Gasteiger partial charge in [-0.2, -0.15) is 0 Å². The molecule has 2 nitrogen and oxygen atoms in total. The third-order valence-electron chi connectivity index (χ3n) is 4.10. The standard InChI is InChI=1S/C14H20N2/c15-10-12-3-1-4-13(9-12)14(5-6-14)11-16-7-2-8-16/h1,3-4,9H,2,5-8,10-11,15H2. The molecule has 86 valence electrons. The molecule has 0 radical (unpaired) electrons. The average Bonchev–Trinajstić information content (AvgIpc) is 3.05. The fourth-order valence-electron chi connectivity index (χ4n) is 2.69. The van der Waals surface area contributed by atoms with Gasteiger partial charge in [0.25, 0.3) is 0 Å². The first-order valence-corrected chi connectivity index (χ1v) is 6.34. The van der Waals surface area contributed by atoms with Crippen LogP contribution >= 0.6 is 0 Å². The minimum Gasteiger partial charge on any atom is -0.326 e. The van der Waals surface area contributed by atoms with Crippen LogP contribution < -0.4 is 5.73 Å². The van der Waals surface area contributed by atoms with Crippen LogP contribution in [-0.2, 0) is 12.0 Å². The predicted octanol–water partition coefficient (Wildman–Crippen LogP) is 1.88. The maximum absolute atomic E-state index is 5.71. The summed E-state index contributed by atoms with van der Waals surface area (Å²) in [5.74, 6) is 0. The number of likely N-dealkylation sites (tertiary alicyclic amines) is 1. The van der Waals surface area contributed by atoms with Crippen molar-refractivity contribution in [1.82, 2.24) is 4.90 Å². The lowest BCUT2D eigenvalue weighted by Gasteiger charge is -2.34. The topological polar surface area (TPSA) is 29.3 Å². The number of nitrogens with zero attached hydrogens (tertiary/aromatic N) is 1. The molecule has 0 atom stereocenters. The van der Waals surface area contributed by atoms with Crippen LogP contribution in [0.1, 0.15) is 30.4 Å². The highest BCUT2D eigenvalue weighted by Gasteiger charge is 2.45. The summed E-state index contributed by atoms with van der Waals surface area (Å²) < 4.78 is 0. The van der Waals surface area contributed by atoms with Crippen molar-refractivity contribution < 1.29 is 0 Å². The molecule has 1 saturated carbocycles. The third kappa shape index (κ3) is 1.76. The van der Waals surface area contributed by atoms with Crippen molar-refractivity contribution in [3.05, 3.63) is 35.4 Å². The van der Waals surface area contributed by atoms with E-state index in [0.29, 0.717) is 12.0 Å². The molecule has 0 amide bonds. The Morgan fingerprint density at radius 1 is 1.25 bits per heavy atom. The number of hydrogen-bond acceptors (Lipinski definition) is 2. The normalized spacial score (nSPS) is 22.8. The molecular formula is C14H20N2. The molecule has 1 aromatic rings. The van der Waals surface area contributed by atoms with Crippen LogP contribution in [0.5, 0.6) is 0 Å². The van der Waals surface area contributed by atoms with Gasteiger partial charge in [0.2, 0.25) is 0 Å². The lowest BCUT2D eigenvalue weighted by Crippen LogP contribution is -2.42. The molecule has 0 bridgehead atoms. The summed E-state index contributed by atoms with van der Waals surface area (Å²) in [6.45, 7) is 4.53. The summed E-state index contributed by atoms with van der Waals surface area (Å²) in [5, 5.41) is 0. The second kappa shape index (κ2) is 3.86. The molecule has 2 N–H and O–H groups in total. The fourth-order valence-corrected chi connectivity index (χ4v) is 2.69. The van der Waals surface area contributed by atoms with Gasteiger partial charge in [0.1, 0.15) is 0 Å². The lowest BCUT2D eigenvalue weighted by atomic mass is 9.92. The van der Waals surface area contributed by atoms with Gasteiger partial charge < -0.3 is 10.6 Å². The molecule has 1 aromatic carbocycles. The van der Waals surface area contributed by atoms with Gasteiger partial charge in [-0.3, -0.25) is 0 Å². The van der Waals surface area contributed by atoms with E-state index in [9.17, 15) is 0 Å². The van der Waals surface area contributed by atoms with E-state index in [2.05, 4.69) is 29.2 Å². The van der Waals surface area contributed by atoms with Crippen LogP contribution in [0.2, 0.25) is 0 Å². The Morgan fingerprint density at radius 3 is 2.62 bits per heavy atom. The molecule has 1 aliphatic carbocycles. The molecule has 0 spiro atoms. The van der Waals surface area contributed by atoms with E-state index in [4.69, 9.17) is 5.73 Å². The highest BCUT2D eigenvalue weighted by atomic mass is 15.2. The van der Waals surface area contributed by atoms with Gasteiger partial charge in [-0.25, -0.2) is 0 Å². The Hall–Kier alpha value is -0.860. The minimum absolute atomic E-state index is 0.478. The fraction of sp³-hybridized carbons (Fsp3) is 0.571. The van der Waals surface area contributed by atoms with E-state index < -0.39 is 0 Å². The smallest absolute Gasteiger partial charge is 0.0178 e. The Labute approximate surface area is 97.4 Å². The summed E-state index contributed by atoms with van der Waals surface area (Å²) in [6, 6.07) is 8.88. The number of benzene rings is 1. The van der Waals surface area contributed by atoms with Gasteiger partial charge in [-0.05, 0) is 43.5 Å². The molecular weight excluding hydrogens is 196 g/mol. The zero-order chi connectivity index (χ0) is 11.0. The molecule has 2 aliphatic rings. The second-order valence-corrected chi connectivity index (χ2v) is 5.31. The molecule has 2 fully saturated rings. The van der Waals surface area contributed by atoms with E-state index >= 15 is 0 Å². The average molecular weight is 216 g/mol. The van der Waals surface area contributed by atoms with E-state index in [1.807, 2.05) is 0 Å². The van der Waals surface area contributed by atoms with Crippen LogP contribution in [0.25, 0.3) is 0 Å². The largest absolute Gasteiger partial charge is 0.326 e. The SMILES string of the molecule is NCc1cccc(C2(CN3CCC3)CC2)c1. The van der Waals surface area contributed by atoms with Crippen molar-refractivity contribution >= 4 is 0 Å². The summed E-state index contributed by atoms with van der Waals surface area (Å²) in [6.07, 6.45) is 4.11. The number of rotatable bonds is 4. The minimum atomic E-state index is 0.478. The van der Waals surface area contributed by atoms with Crippen LogP contribution in [0.4, 0.5) is 0 Å². The summed E-state index contributed by atoms with van der Waals surface area (Å²) >= 11 is 0. The number of hydrogen-bond donors (Lipinski definition) is 1. The zero-order valence-electron chi connectivity index (χ0n) is 9.78. The van der Waals surface area contributed by atoms with Crippen molar-refractivity contribution in [2.24, 2.45) is 5.73 Å². The maximum Gasteiger partial charge on any atom is 0.0178 e. The van der Waals surface area contributed by atoms with Crippen LogP contribution in [0, 0.1) is 0 Å². The molecule has 0 aromatic heterocycles. The Morgan fingerprint density at radius 2 is 2.06 bits per heavy atom. The molecule has 1 heterocycles. The number of nitrogens with two attached hydrogens (primary N) is 1. The summed E-state index contributed by atoms with van der Waals surface area (Å²) in [7, 11) is 0. The van der Waals surface area contributed by atoms with Crippen molar-refractivity contribution in [3.8, 4) is 0 Å². The molecule has 1 aliphatic heterocycles. The molecule has 16 heavy (non-hydrogen) atoms. The van der Waals surface area contributed by atoms with Crippen molar-refractivity contribution in [1.29, 1.82) is 0 Å². The second-order valence-electron chi connectivity index (χ2n) is 5.31. The summed E-state index contributed by atoms with van der Waals surface area (Å²) in [4.78, 5) is 2.59. The van der Waals surface area contributed by atoms with Crippen LogP contribution in [0.3, 0.4) is 0 Å². The molecule has 2 heteroatoms. The predicted molar refractivity (Wildman–Crippen MR) is 66.3 cm³/mol. The van der Waals surface area contributed by atoms with E-state index in [1.165, 1.54) is 50.0 Å². The monoisotopic (exact) mass is 216 g/mol. The highest BCUT2D eigenvalue weighted by Crippen LogP contribution is 2.49. The van der Waals surface area contributed by atoms with Gasteiger partial charge in [0, 0.05) is 18.5 Å². The Bertz CT molecular complexity index is 378. The maximum atomic E-state index is 5.71. The van der Waals surface area contributed by atoms with Crippen LogP contribution in [-0.4, -0.2) is 24.5 Å². The first-order valence-electron chi connectivity index (χ1n) is 6.34. The van der Waals surface area contributed by atoms with Gasteiger partial charge in [0.05, 0.1) is 0 Å². The van der Waals surface area contributed by atoms with E-state index in [0.717, 1.165) is 0 Å². The molecule has 3 rings (SSSR count). The van der Waals surface area contributed by atoms with Gasteiger partial charge in [-0.1, -0.05) is 24.3 Å². The van der Waals surface area contributed by atoms with Gasteiger partial charge in [-0.15, -0.1) is 0 Å². The van der Waals surface area contributed by atoms with Gasteiger partial charge in [0.15, 0.2) is 0 Å². The van der Waals surface area contributed by atoms with Gasteiger partial charge >= 0.3 is 0 Å². The quantitative estimate of drug-likeness (QED) is 0.832. The first kappa shape index (κ1) is 10.3. The zero-order valence-corrected chi connectivity index (χ0v) is 9.78. The van der Waals surface area contributed by atoms with E-state index in [-0.39, 0.29) is 0 Å². The lowest BCUT2D eigenvalue weighted by molar-refractivity contribution is 0.164. The molecule has 1 saturated heterocycles. The Balaban J connectivity index is 1.78. The third-order valence-corrected chi connectivity index (χ3v) is 4.10. The van der Waals surface area contributed by atoms with Crippen molar-refractivity contribution in [2.45, 2.75) is 31.2 Å². The van der Waals surface area contributed by atoms with Crippen LogP contribution in [0.15, 0.2) is 24.3 Å². The summed E-state index contributed by atoms with van der Waals surface area (Å²) in [5.41, 5.74) is 8.98. The first-order chi connectivity index (χ1) is 7.82. The van der Waals surface area contributed by atoms with Crippen molar-refractivity contribution in [3.63, 3.8) is 0 Å². The molecule has 0 unspecified atom stereocenters. The van der Waals surface area contributed by atoms with E-state index in [1.54, 1.807) is 0 Å². The highest BCUT2D eigenvalue weighted by molar-refractivity contribution is 5.35.